The number of hydrogen-bond donors (Lipinski definition) is 0. The summed E-state index contributed by atoms with van der Waals surface area (Å²) in [6.07, 6.45) is 8.31. The monoisotopic (exact) mass is 344 g/mol. The molecule has 140 valence electrons. The van der Waals surface area contributed by atoms with Crippen LogP contribution in [0.1, 0.15) is 90.9 Å². The number of Topliss-reactive ketones (excluding diaryl/α,β-unsaturated/α-hetero) is 1. The van der Waals surface area contributed by atoms with Crippen molar-refractivity contribution in [3.8, 4) is 0 Å². The van der Waals surface area contributed by atoms with E-state index in [-0.39, 0.29) is 30.1 Å². The minimum atomic E-state index is -2.75. The Morgan fingerprint density at radius 1 is 1.04 bits per heavy atom. The Labute approximate surface area is 145 Å². The summed E-state index contributed by atoms with van der Waals surface area (Å²) in [4.78, 5) is 12.3. The zero-order valence-corrected chi connectivity index (χ0v) is 15.4. The van der Waals surface area contributed by atoms with Crippen molar-refractivity contribution in [2.24, 2.45) is 11.8 Å². The SMILES string of the molecule is CCCCCCC[C@H]1C(=O)C[C@H]2OC(C(F)(F)CCCC)CCC21. The first kappa shape index (κ1) is 19.8. The average molecular weight is 344 g/mol. The zero-order valence-electron chi connectivity index (χ0n) is 15.4. The van der Waals surface area contributed by atoms with Crippen LogP contribution in [0.3, 0.4) is 0 Å². The predicted octanol–water partition coefficient (Wildman–Crippen LogP) is 5.93. The van der Waals surface area contributed by atoms with E-state index in [1.54, 1.807) is 0 Å². The van der Waals surface area contributed by atoms with Gasteiger partial charge in [0.2, 0.25) is 0 Å². The molecule has 0 bridgehead atoms. The topological polar surface area (TPSA) is 26.3 Å². The van der Waals surface area contributed by atoms with Gasteiger partial charge in [-0.1, -0.05) is 52.4 Å². The lowest BCUT2D eigenvalue weighted by molar-refractivity contribution is -0.192. The summed E-state index contributed by atoms with van der Waals surface area (Å²) >= 11 is 0. The van der Waals surface area contributed by atoms with Gasteiger partial charge in [-0.05, 0) is 31.6 Å². The molecule has 2 fully saturated rings. The molecule has 4 heteroatoms. The van der Waals surface area contributed by atoms with Crippen LogP contribution in [0.2, 0.25) is 0 Å². The highest BCUT2D eigenvalue weighted by molar-refractivity contribution is 5.84. The van der Waals surface area contributed by atoms with E-state index in [0.29, 0.717) is 19.3 Å². The molecule has 2 nitrogen and oxygen atoms in total. The lowest BCUT2D eigenvalue weighted by Crippen LogP contribution is -2.44. The van der Waals surface area contributed by atoms with Crippen molar-refractivity contribution in [1.29, 1.82) is 0 Å². The Balaban J connectivity index is 1.83. The maximum absolute atomic E-state index is 14.3. The Morgan fingerprint density at radius 2 is 1.75 bits per heavy atom. The molecule has 0 N–H and O–H groups in total. The Morgan fingerprint density at radius 3 is 2.46 bits per heavy atom. The third-order valence-electron chi connectivity index (χ3n) is 5.86. The van der Waals surface area contributed by atoms with E-state index in [9.17, 15) is 13.6 Å². The molecule has 0 aromatic carbocycles. The van der Waals surface area contributed by atoms with Crippen LogP contribution in [0.5, 0.6) is 0 Å². The van der Waals surface area contributed by atoms with Gasteiger partial charge in [0, 0.05) is 18.8 Å². The van der Waals surface area contributed by atoms with Crippen LogP contribution in [0.4, 0.5) is 8.78 Å². The number of halogens is 2. The molecule has 1 aliphatic carbocycles. The van der Waals surface area contributed by atoms with Crippen LogP contribution in [-0.2, 0) is 9.53 Å². The Bertz CT molecular complexity index is 397. The first-order chi connectivity index (χ1) is 11.5. The molecule has 1 saturated carbocycles. The molecule has 2 aliphatic rings. The number of ether oxygens (including phenoxy) is 1. The van der Waals surface area contributed by atoms with E-state index in [4.69, 9.17) is 4.74 Å². The van der Waals surface area contributed by atoms with Crippen molar-refractivity contribution >= 4 is 5.78 Å². The van der Waals surface area contributed by atoms with Gasteiger partial charge in [0.05, 0.1) is 6.10 Å². The summed E-state index contributed by atoms with van der Waals surface area (Å²) in [7, 11) is 0. The van der Waals surface area contributed by atoms with Gasteiger partial charge in [-0.25, -0.2) is 8.78 Å². The molecule has 0 amide bonds. The molecular weight excluding hydrogens is 310 g/mol. The lowest BCUT2D eigenvalue weighted by atomic mass is 9.82. The lowest BCUT2D eigenvalue weighted by Gasteiger charge is -2.37. The molecule has 0 aromatic heterocycles. The molecule has 0 radical (unpaired) electrons. The smallest absolute Gasteiger partial charge is 0.273 e. The molecule has 2 unspecified atom stereocenters. The first-order valence-corrected chi connectivity index (χ1v) is 10.1. The van der Waals surface area contributed by atoms with Crippen molar-refractivity contribution in [3.63, 3.8) is 0 Å². The van der Waals surface area contributed by atoms with Crippen LogP contribution in [0, 0.1) is 11.8 Å². The van der Waals surface area contributed by atoms with E-state index >= 15 is 0 Å². The van der Waals surface area contributed by atoms with E-state index in [1.165, 1.54) is 25.7 Å². The fourth-order valence-electron chi connectivity index (χ4n) is 4.38. The van der Waals surface area contributed by atoms with Crippen LogP contribution < -0.4 is 0 Å². The van der Waals surface area contributed by atoms with Crippen molar-refractivity contribution < 1.29 is 18.3 Å². The largest absolute Gasteiger partial charge is 0.368 e. The summed E-state index contributed by atoms with van der Waals surface area (Å²) in [5.41, 5.74) is 0. The van der Waals surface area contributed by atoms with Crippen molar-refractivity contribution in [2.45, 2.75) is 109 Å². The van der Waals surface area contributed by atoms with E-state index in [0.717, 1.165) is 25.7 Å². The minimum absolute atomic E-state index is 0.0573. The molecule has 2 rings (SSSR count). The quantitative estimate of drug-likeness (QED) is 0.459. The molecule has 4 atom stereocenters. The maximum atomic E-state index is 14.3. The second-order valence-corrected chi connectivity index (χ2v) is 7.75. The number of unbranched alkanes of at least 4 members (excludes halogenated alkanes) is 5. The zero-order chi connectivity index (χ0) is 17.6. The second-order valence-electron chi connectivity index (χ2n) is 7.75. The number of fused-ring (bicyclic) bond motifs is 1. The highest BCUT2D eigenvalue weighted by Gasteiger charge is 2.51. The highest BCUT2D eigenvalue weighted by atomic mass is 19.3. The van der Waals surface area contributed by atoms with Gasteiger partial charge in [0.15, 0.2) is 0 Å². The van der Waals surface area contributed by atoms with Gasteiger partial charge in [-0.2, -0.15) is 0 Å². The fraction of sp³-hybridized carbons (Fsp3) is 0.950. The summed E-state index contributed by atoms with van der Waals surface area (Å²) in [5.74, 6) is -2.26. The Kier molecular flexibility index (Phi) is 7.64. The fourth-order valence-corrected chi connectivity index (χ4v) is 4.38. The van der Waals surface area contributed by atoms with Gasteiger partial charge < -0.3 is 4.74 Å². The number of rotatable bonds is 10. The molecule has 24 heavy (non-hydrogen) atoms. The molecule has 1 aliphatic heterocycles. The summed E-state index contributed by atoms with van der Waals surface area (Å²) < 4.78 is 34.3. The number of hydrogen-bond acceptors (Lipinski definition) is 2. The number of ketones is 1. The first-order valence-electron chi connectivity index (χ1n) is 10.1. The van der Waals surface area contributed by atoms with Gasteiger partial charge in [0.25, 0.3) is 5.92 Å². The molecular formula is C20H34F2O2. The molecule has 1 heterocycles. The van der Waals surface area contributed by atoms with E-state index in [1.807, 2.05) is 6.92 Å². The van der Waals surface area contributed by atoms with Crippen LogP contribution in [-0.4, -0.2) is 23.9 Å². The number of alkyl halides is 2. The van der Waals surface area contributed by atoms with Crippen molar-refractivity contribution in [2.75, 3.05) is 0 Å². The van der Waals surface area contributed by atoms with E-state index < -0.39 is 12.0 Å². The third-order valence-corrected chi connectivity index (χ3v) is 5.86. The third kappa shape index (κ3) is 5.00. The minimum Gasteiger partial charge on any atom is -0.368 e. The van der Waals surface area contributed by atoms with Crippen LogP contribution in [0.15, 0.2) is 0 Å². The Hall–Kier alpha value is -0.510. The standard InChI is InChI=1S/C20H34F2O2/c1-3-5-7-8-9-10-15-16-11-12-19(20(21,22)13-6-4-2)24-18(16)14-17(15)23/h15-16,18-19H,3-14H2,1-2H3/t15-,16?,18-,19?/m1/s1. The molecule has 0 aromatic rings. The van der Waals surface area contributed by atoms with Crippen molar-refractivity contribution in [1.82, 2.24) is 0 Å². The van der Waals surface area contributed by atoms with E-state index in [2.05, 4.69) is 6.92 Å². The van der Waals surface area contributed by atoms with Crippen LogP contribution in [0.25, 0.3) is 0 Å². The van der Waals surface area contributed by atoms with Crippen LogP contribution >= 0.6 is 0 Å². The van der Waals surface area contributed by atoms with Crippen molar-refractivity contribution in [3.05, 3.63) is 0 Å². The summed E-state index contributed by atoms with van der Waals surface area (Å²) in [5, 5.41) is 0. The normalized spacial score (nSPS) is 30.6. The average Bonchev–Trinajstić information content (AvgIpc) is 2.87. The van der Waals surface area contributed by atoms with Gasteiger partial charge in [0.1, 0.15) is 11.9 Å². The number of carbonyl (C=O) groups is 1. The maximum Gasteiger partial charge on any atom is 0.273 e. The summed E-state index contributed by atoms with van der Waals surface area (Å²) in [6, 6.07) is 0. The molecule has 1 saturated heterocycles. The predicted molar refractivity (Wildman–Crippen MR) is 92.3 cm³/mol. The van der Waals surface area contributed by atoms with Gasteiger partial charge >= 0.3 is 0 Å². The molecule has 0 spiro atoms. The highest BCUT2D eigenvalue weighted by Crippen LogP contribution is 2.45. The van der Waals surface area contributed by atoms with Gasteiger partial charge in [-0.3, -0.25) is 4.79 Å². The number of carbonyl (C=O) groups excluding carboxylic acids is 1. The summed E-state index contributed by atoms with van der Waals surface area (Å²) in [6.45, 7) is 4.12. The second kappa shape index (κ2) is 9.26. The van der Waals surface area contributed by atoms with Gasteiger partial charge in [-0.15, -0.1) is 0 Å².